The van der Waals surface area contributed by atoms with Gasteiger partial charge in [0.25, 0.3) is 8.32 Å². The van der Waals surface area contributed by atoms with Crippen molar-refractivity contribution in [1.82, 2.24) is 0 Å². The van der Waals surface area contributed by atoms with E-state index in [-0.39, 0.29) is 23.2 Å². The third kappa shape index (κ3) is 5.08. The molecule has 0 bridgehead atoms. The molecule has 3 rings (SSSR count). The number of carbonyl (C=O) groups excluding carboxylic acids is 1. The highest BCUT2D eigenvalue weighted by Crippen LogP contribution is 2.39. The summed E-state index contributed by atoms with van der Waals surface area (Å²) in [5.41, 5.74) is 0.722. The molecule has 2 aromatic carbocycles. The molecule has 2 aromatic rings. The first-order valence-corrected chi connectivity index (χ1v) is 13.0. The Morgan fingerprint density at radius 2 is 1.61 bits per heavy atom. The van der Waals surface area contributed by atoms with Crippen LogP contribution in [0.3, 0.4) is 0 Å². The number of allylic oxidation sites excluding steroid dienone is 1. The van der Waals surface area contributed by atoms with E-state index in [9.17, 15) is 4.79 Å². The number of carbonyl (C=O) groups is 1. The lowest BCUT2D eigenvalue weighted by Gasteiger charge is -2.45. The fourth-order valence-corrected chi connectivity index (χ4v) is 9.19. The molecule has 2 atom stereocenters. The minimum Gasteiger partial charge on any atom is -0.455 e. The molecule has 0 spiro atoms. The maximum Gasteiger partial charge on any atom is 0.334 e. The van der Waals surface area contributed by atoms with E-state index >= 15 is 0 Å². The second kappa shape index (κ2) is 9.80. The number of hydrogen-bond acceptors (Lipinski definition) is 3. The highest BCUT2D eigenvalue weighted by molar-refractivity contribution is 6.99. The van der Waals surface area contributed by atoms with Crippen molar-refractivity contribution in [1.29, 1.82) is 0 Å². The molecule has 164 valence electrons. The molecule has 1 heterocycles. The van der Waals surface area contributed by atoms with Crippen molar-refractivity contribution in [3.05, 3.63) is 85.0 Å². The SMILES string of the molecule is C=CCC[C@H](CC1=C[C@H](C)OC1=O)O[Si](c1ccccc1)(c1ccccc1)C(C)(C)C. The van der Waals surface area contributed by atoms with E-state index in [4.69, 9.17) is 9.16 Å². The summed E-state index contributed by atoms with van der Waals surface area (Å²) < 4.78 is 12.6. The van der Waals surface area contributed by atoms with Crippen LogP contribution in [0.4, 0.5) is 0 Å². The number of benzene rings is 2. The smallest absolute Gasteiger partial charge is 0.334 e. The van der Waals surface area contributed by atoms with E-state index in [1.54, 1.807) is 0 Å². The molecule has 0 unspecified atom stereocenters. The zero-order valence-electron chi connectivity index (χ0n) is 19.1. The van der Waals surface area contributed by atoms with Crippen molar-refractivity contribution < 1.29 is 14.0 Å². The van der Waals surface area contributed by atoms with Gasteiger partial charge in [-0.25, -0.2) is 4.79 Å². The standard InChI is InChI=1S/C27H34O3Si/c1-6-7-14-23(20-22-19-21(2)29-26(22)28)30-31(27(3,4)5,24-15-10-8-11-16-24)25-17-12-9-13-18-25/h6,8-13,15-19,21,23H,1,7,14,20H2,2-5H3/t21-,23+/m0/s1. The number of cyclic esters (lactones) is 1. The molecule has 1 aliphatic rings. The third-order valence-corrected chi connectivity index (χ3v) is 11.0. The van der Waals surface area contributed by atoms with Gasteiger partial charge in [-0.3, -0.25) is 0 Å². The van der Waals surface area contributed by atoms with Crippen LogP contribution in [0, 0.1) is 0 Å². The molecule has 3 nitrogen and oxygen atoms in total. The van der Waals surface area contributed by atoms with Gasteiger partial charge in [0.2, 0.25) is 0 Å². The van der Waals surface area contributed by atoms with Crippen molar-refractivity contribution in [3.8, 4) is 0 Å². The van der Waals surface area contributed by atoms with Crippen LogP contribution >= 0.6 is 0 Å². The Morgan fingerprint density at radius 3 is 2.03 bits per heavy atom. The van der Waals surface area contributed by atoms with Gasteiger partial charge in [-0.1, -0.05) is 87.5 Å². The lowest BCUT2D eigenvalue weighted by molar-refractivity contribution is -0.139. The van der Waals surface area contributed by atoms with Crippen molar-refractivity contribution in [2.45, 2.75) is 64.2 Å². The summed E-state index contributed by atoms with van der Waals surface area (Å²) in [6.07, 6.45) is 5.78. The molecule has 0 saturated carbocycles. The fraction of sp³-hybridized carbons (Fsp3) is 0.370. The Kier molecular flexibility index (Phi) is 7.34. The Labute approximate surface area is 187 Å². The number of hydrogen-bond donors (Lipinski definition) is 0. The average Bonchev–Trinajstić information content (AvgIpc) is 3.06. The average molecular weight is 435 g/mol. The minimum atomic E-state index is -2.69. The van der Waals surface area contributed by atoms with Crippen LogP contribution < -0.4 is 10.4 Å². The Morgan fingerprint density at radius 1 is 1.06 bits per heavy atom. The van der Waals surface area contributed by atoms with Crippen LogP contribution in [0.25, 0.3) is 0 Å². The molecule has 0 fully saturated rings. The first kappa shape index (κ1) is 23.2. The molecule has 0 aliphatic carbocycles. The lowest BCUT2D eigenvalue weighted by atomic mass is 10.0. The number of ether oxygens (including phenoxy) is 1. The van der Waals surface area contributed by atoms with Crippen LogP contribution in [0.5, 0.6) is 0 Å². The predicted octanol–water partition coefficient (Wildman–Crippen LogP) is 5.16. The van der Waals surface area contributed by atoms with E-state index < -0.39 is 8.32 Å². The van der Waals surface area contributed by atoms with Crippen LogP contribution in [-0.2, 0) is 14.0 Å². The molecule has 0 saturated heterocycles. The molecule has 1 aliphatic heterocycles. The molecule has 0 radical (unpaired) electrons. The van der Waals surface area contributed by atoms with Gasteiger partial charge in [0.05, 0.1) is 6.10 Å². The normalized spacial score (nSPS) is 17.7. The Balaban J connectivity index is 2.09. The van der Waals surface area contributed by atoms with E-state index in [0.29, 0.717) is 6.42 Å². The largest absolute Gasteiger partial charge is 0.455 e. The van der Waals surface area contributed by atoms with E-state index in [0.717, 1.165) is 18.4 Å². The van der Waals surface area contributed by atoms with Crippen molar-refractivity contribution >= 4 is 24.7 Å². The van der Waals surface area contributed by atoms with Crippen molar-refractivity contribution in [3.63, 3.8) is 0 Å². The van der Waals surface area contributed by atoms with Gasteiger partial charge < -0.3 is 9.16 Å². The second-order valence-electron chi connectivity index (χ2n) is 9.28. The van der Waals surface area contributed by atoms with Gasteiger partial charge in [-0.15, -0.1) is 6.58 Å². The third-order valence-electron chi connectivity index (χ3n) is 5.89. The van der Waals surface area contributed by atoms with Crippen LogP contribution in [0.1, 0.15) is 47.0 Å². The summed E-state index contributed by atoms with van der Waals surface area (Å²) in [7, 11) is -2.69. The summed E-state index contributed by atoms with van der Waals surface area (Å²) in [5, 5.41) is 2.38. The fourth-order valence-electron chi connectivity index (χ4n) is 4.47. The summed E-state index contributed by atoms with van der Waals surface area (Å²) in [6, 6.07) is 21.2. The van der Waals surface area contributed by atoms with E-state index in [2.05, 4.69) is 75.9 Å². The zero-order chi connectivity index (χ0) is 22.5. The van der Waals surface area contributed by atoms with Gasteiger partial charge in [0, 0.05) is 12.0 Å². The number of rotatable bonds is 9. The monoisotopic (exact) mass is 434 g/mol. The second-order valence-corrected chi connectivity index (χ2v) is 13.5. The molecular weight excluding hydrogens is 400 g/mol. The van der Waals surface area contributed by atoms with Crippen molar-refractivity contribution in [2.75, 3.05) is 0 Å². The molecule has 0 N–H and O–H groups in total. The van der Waals surface area contributed by atoms with Crippen LogP contribution in [0.2, 0.25) is 5.04 Å². The minimum absolute atomic E-state index is 0.103. The molecule has 4 heteroatoms. The first-order valence-electron chi connectivity index (χ1n) is 11.1. The highest BCUT2D eigenvalue weighted by atomic mass is 28.4. The quantitative estimate of drug-likeness (QED) is 0.311. The lowest BCUT2D eigenvalue weighted by Crippen LogP contribution is -2.67. The first-order chi connectivity index (χ1) is 14.8. The topological polar surface area (TPSA) is 35.5 Å². The number of esters is 1. The summed E-state index contributed by atoms with van der Waals surface area (Å²) in [4.78, 5) is 12.3. The molecule has 0 aromatic heterocycles. The Hall–Kier alpha value is -2.43. The van der Waals surface area contributed by atoms with Crippen molar-refractivity contribution in [2.24, 2.45) is 0 Å². The maximum atomic E-state index is 12.3. The highest BCUT2D eigenvalue weighted by Gasteiger charge is 2.51. The molecule has 31 heavy (non-hydrogen) atoms. The predicted molar refractivity (Wildman–Crippen MR) is 130 cm³/mol. The van der Waals surface area contributed by atoms with Gasteiger partial charge in [-0.05, 0) is 41.3 Å². The zero-order valence-corrected chi connectivity index (χ0v) is 20.1. The van der Waals surface area contributed by atoms with Crippen LogP contribution in [-0.4, -0.2) is 26.5 Å². The van der Waals surface area contributed by atoms with Crippen LogP contribution in [0.15, 0.2) is 85.0 Å². The van der Waals surface area contributed by atoms with E-state index in [1.807, 2.05) is 31.2 Å². The summed E-state index contributed by atoms with van der Waals surface area (Å²) in [6.45, 7) is 12.6. The van der Waals surface area contributed by atoms with Gasteiger partial charge >= 0.3 is 5.97 Å². The maximum absolute atomic E-state index is 12.3. The Bertz CT molecular complexity index is 873. The van der Waals surface area contributed by atoms with Gasteiger partial charge in [-0.2, -0.15) is 0 Å². The van der Waals surface area contributed by atoms with Gasteiger partial charge in [0.15, 0.2) is 0 Å². The molecular formula is C27H34O3Si. The van der Waals surface area contributed by atoms with Gasteiger partial charge in [0.1, 0.15) is 6.10 Å². The molecule has 0 amide bonds. The summed E-state index contributed by atoms with van der Waals surface area (Å²) in [5.74, 6) is -0.220. The van der Waals surface area contributed by atoms with E-state index in [1.165, 1.54) is 10.4 Å². The summed E-state index contributed by atoms with van der Waals surface area (Å²) >= 11 is 0.